The number of methoxy groups -OCH3 is 1. The fourth-order valence-corrected chi connectivity index (χ4v) is 4.16. The van der Waals surface area contributed by atoms with Crippen LogP contribution in [-0.2, 0) is 0 Å². The van der Waals surface area contributed by atoms with E-state index in [1.165, 1.54) is 11.3 Å². The third-order valence-corrected chi connectivity index (χ3v) is 5.34. The van der Waals surface area contributed by atoms with Gasteiger partial charge < -0.3 is 10.5 Å². The third kappa shape index (κ3) is 2.40. The third-order valence-electron chi connectivity index (χ3n) is 3.14. The van der Waals surface area contributed by atoms with Gasteiger partial charge in [-0.05, 0) is 11.6 Å². The Morgan fingerprint density at radius 3 is 2.62 bits per heavy atom. The molecule has 5 heteroatoms. The van der Waals surface area contributed by atoms with Crippen molar-refractivity contribution >= 4 is 28.4 Å². The zero-order valence-corrected chi connectivity index (χ0v) is 12.9. The highest BCUT2D eigenvalue weighted by Crippen LogP contribution is 2.47. The topological polar surface area (TPSA) is 59.0 Å². The van der Waals surface area contributed by atoms with E-state index in [2.05, 4.69) is 6.07 Å². The molecule has 0 amide bonds. The number of rotatable bonds is 3. The Labute approximate surface area is 130 Å². The van der Waals surface area contributed by atoms with E-state index in [1.54, 1.807) is 18.4 Å². The van der Waals surface area contributed by atoms with Gasteiger partial charge in [0.05, 0.1) is 17.7 Å². The van der Waals surface area contributed by atoms with Crippen LogP contribution >= 0.6 is 22.7 Å². The molecule has 21 heavy (non-hydrogen) atoms. The van der Waals surface area contributed by atoms with Crippen molar-refractivity contribution in [3.63, 3.8) is 0 Å². The van der Waals surface area contributed by atoms with Gasteiger partial charge in [-0.25, -0.2) is 0 Å². The lowest BCUT2D eigenvalue weighted by molar-refractivity contribution is 0.417. The van der Waals surface area contributed by atoms with E-state index in [4.69, 9.17) is 10.5 Å². The van der Waals surface area contributed by atoms with Gasteiger partial charge in [0.25, 0.3) is 0 Å². The van der Waals surface area contributed by atoms with Crippen LogP contribution in [0, 0.1) is 11.3 Å². The van der Waals surface area contributed by atoms with E-state index in [0.29, 0.717) is 10.6 Å². The Morgan fingerprint density at radius 2 is 2.00 bits per heavy atom. The minimum atomic E-state index is 0.552. The molecule has 1 aromatic carbocycles. The Kier molecular flexibility index (Phi) is 3.65. The first-order valence-corrected chi connectivity index (χ1v) is 7.95. The quantitative estimate of drug-likeness (QED) is 0.768. The lowest BCUT2D eigenvalue weighted by Gasteiger charge is -2.04. The van der Waals surface area contributed by atoms with Gasteiger partial charge in [-0.3, -0.25) is 0 Å². The second kappa shape index (κ2) is 5.60. The molecule has 0 bridgehead atoms. The Hall–Kier alpha value is -2.29. The van der Waals surface area contributed by atoms with Crippen molar-refractivity contribution in [3.05, 3.63) is 46.7 Å². The van der Waals surface area contributed by atoms with Crippen LogP contribution in [0.2, 0.25) is 0 Å². The second-order valence-corrected chi connectivity index (χ2v) is 6.31. The molecule has 0 saturated heterocycles. The Morgan fingerprint density at radius 1 is 1.24 bits per heavy atom. The van der Waals surface area contributed by atoms with Crippen molar-refractivity contribution in [2.75, 3.05) is 12.8 Å². The molecular weight excluding hydrogens is 300 g/mol. The average molecular weight is 312 g/mol. The number of hydrogen-bond donors (Lipinski definition) is 1. The van der Waals surface area contributed by atoms with Crippen LogP contribution < -0.4 is 10.5 Å². The predicted octanol–water partition coefficient (Wildman–Crippen LogP) is 4.61. The highest BCUT2D eigenvalue weighted by atomic mass is 32.1. The molecule has 3 nitrogen and oxygen atoms in total. The molecule has 0 saturated carbocycles. The van der Waals surface area contributed by atoms with E-state index in [9.17, 15) is 5.26 Å². The van der Waals surface area contributed by atoms with Crippen LogP contribution in [0.1, 0.15) is 4.88 Å². The Bertz CT molecular complexity index is 813. The summed E-state index contributed by atoms with van der Waals surface area (Å²) in [6, 6.07) is 14.1. The molecule has 0 atom stereocenters. The molecule has 2 aromatic heterocycles. The normalized spacial score (nSPS) is 10.3. The first-order chi connectivity index (χ1) is 10.2. The van der Waals surface area contributed by atoms with Crippen molar-refractivity contribution in [3.8, 4) is 32.7 Å². The zero-order chi connectivity index (χ0) is 14.8. The number of anilines is 1. The maximum Gasteiger partial charge on any atom is 0.130 e. The fraction of sp³-hybridized carbons (Fsp3) is 0.0625. The average Bonchev–Trinajstić information content (AvgIpc) is 3.12. The molecule has 0 aliphatic heterocycles. The molecule has 0 fully saturated rings. The fourth-order valence-electron chi connectivity index (χ4n) is 2.14. The number of nitriles is 1. The lowest BCUT2D eigenvalue weighted by Crippen LogP contribution is -1.88. The number of thiophene rings is 2. The second-order valence-electron chi connectivity index (χ2n) is 4.38. The first-order valence-electron chi connectivity index (χ1n) is 6.25. The Balaban J connectivity index is 2.23. The van der Waals surface area contributed by atoms with Gasteiger partial charge in [-0.15, -0.1) is 22.7 Å². The lowest BCUT2D eigenvalue weighted by atomic mass is 10.0. The minimum Gasteiger partial charge on any atom is -0.496 e. The monoisotopic (exact) mass is 312 g/mol. The molecule has 0 aliphatic carbocycles. The molecule has 0 unspecified atom stereocenters. The molecule has 104 valence electrons. The van der Waals surface area contributed by atoms with Gasteiger partial charge >= 0.3 is 0 Å². The zero-order valence-electron chi connectivity index (χ0n) is 11.3. The number of ether oxygens (including phenoxy) is 1. The van der Waals surface area contributed by atoms with Crippen LogP contribution in [0.15, 0.2) is 41.8 Å². The van der Waals surface area contributed by atoms with Gasteiger partial charge in [-0.1, -0.05) is 30.3 Å². The molecule has 3 aromatic rings. The van der Waals surface area contributed by atoms with Crippen LogP contribution in [0.5, 0.6) is 5.75 Å². The van der Waals surface area contributed by atoms with E-state index in [0.717, 1.165) is 26.6 Å². The number of benzene rings is 1. The maximum absolute atomic E-state index is 9.26. The summed E-state index contributed by atoms with van der Waals surface area (Å²) in [6.07, 6.45) is 0. The number of nitrogen functional groups attached to an aromatic ring is 1. The highest BCUT2D eigenvalue weighted by molar-refractivity contribution is 7.22. The summed E-state index contributed by atoms with van der Waals surface area (Å²) in [5.41, 5.74) is 8.69. The molecule has 0 radical (unpaired) electrons. The predicted molar refractivity (Wildman–Crippen MR) is 88.7 cm³/mol. The van der Waals surface area contributed by atoms with Gasteiger partial charge in [0, 0.05) is 15.8 Å². The van der Waals surface area contributed by atoms with Crippen LogP contribution in [0.4, 0.5) is 5.69 Å². The van der Waals surface area contributed by atoms with Gasteiger partial charge in [0.1, 0.15) is 16.7 Å². The van der Waals surface area contributed by atoms with Crippen molar-refractivity contribution in [2.24, 2.45) is 0 Å². The van der Waals surface area contributed by atoms with Crippen molar-refractivity contribution in [1.82, 2.24) is 0 Å². The van der Waals surface area contributed by atoms with E-state index in [1.807, 2.05) is 41.8 Å². The molecule has 3 rings (SSSR count). The van der Waals surface area contributed by atoms with Crippen molar-refractivity contribution in [2.45, 2.75) is 0 Å². The van der Waals surface area contributed by atoms with Crippen LogP contribution in [-0.4, -0.2) is 7.11 Å². The van der Waals surface area contributed by atoms with E-state index >= 15 is 0 Å². The SMILES string of the molecule is COc1csc(-c2sc(C#N)c(N)c2-c2ccccc2)c1. The summed E-state index contributed by atoms with van der Waals surface area (Å²) in [5.74, 6) is 0.819. The number of hydrogen-bond acceptors (Lipinski definition) is 5. The largest absolute Gasteiger partial charge is 0.496 e. The van der Waals surface area contributed by atoms with Crippen molar-refractivity contribution < 1.29 is 4.74 Å². The maximum atomic E-state index is 9.26. The molecule has 2 N–H and O–H groups in total. The first kappa shape index (κ1) is 13.7. The van der Waals surface area contributed by atoms with Crippen molar-refractivity contribution in [1.29, 1.82) is 5.26 Å². The van der Waals surface area contributed by atoms with Gasteiger partial charge in [-0.2, -0.15) is 5.26 Å². The number of nitrogens with two attached hydrogens (primary N) is 1. The van der Waals surface area contributed by atoms with Gasteiger partial charge in [0.15, 0.2) is 0 Å². The summed E-state index contributed by atoms with van der Waals surface area (Å²) in [6.45, 7) is 0. The van der Waals surface area contributed by atoms with Crippen LogP contribution in [0.3, 0.4) is 0 Å². The number of nitrogens with zero attached hydrogens (tertiary/aromatic N) is 1. The van der Waals surface area contributed by atoms with E-state index < -0.39 is 0 Å². The van der Waals surface area contributed by atoms with Crippen LogP contribution in [0.25, 0.3) is 20.9 Å². The molecule has 0 aliphatic rings. The minimum absolute atomic E-state index is 0.552. The summed E-state index contributed by atoms with van der Waals surface area (Å²) in [7, 11) is 1.65. The van der Waals surface area contributed by atoms with Gasteiger partial charge in [0.2, 0.25) is 0 Å². The smallest absolute Gasteiger partial charge is 0.130 e. The summed E-state index contributed by atoms with van der Waals surface area (Å²) < 4.78 is 5.24. The molecule has 0 spiro atoms. The van der Waals surface area contributed by atoms with E-state index in [-0.39, 0.29) is 0 Å². The molecular formula is C16H12N2OS2. The molecule has 2 heterocycles. The summed E-state index contributed by atoms with van der Waals surface area (Å²) in [4.78, 5) is 2.63. The summed E-state index contributed by atoms with van der Waals surface area (Å²) >= 11 is 3.02. The standard InChI is InChI=1S/C16H12N2OS2/c1-19-11-7-12(20-9-11)16-14(10-5-3-2-4-6-10)15(18)13(8-17)21-16/h2-7,9H,18H2,1H3. The highest BCUT2D eigenvalue weighted by Gasteiger charge is 2.19. The summed E-state index contributed by atoms with van der Waals surface area (Å²) in [5, 5.41) is 11.2.